The van der Waals surface area contributed by atoms with E-state index in [0.717, 1.165) is 0 Å². The van der Waals surface area contributed by atoms with Gasteiger partial charge >= 0.3 is 5.97 Å². The molecule has 0 aliphatic carbocycles. The second kappa shape index (κ2) is 4.19. The van der Waals surface area contributed by atoms with Crippen molar-refractivity contribution in [1.82, 2.24) is 0 Å². The van der Waals surface area contributed by atoms with Crippen molar-refractivity contribution in [3.63, 3.8) is 0 Å². The predicted octanol–water partition coefficient (Wildman–Crippen LogP) is 3.12. The largest absolute Gasteiger partial charge is 0.495 e. The molecule has 0 saturated heterocycles. The summed E-state index contributed by atoms with van der Waals surface area (Å²) in [6, 6.07) is 1.39. The first-order chi connectivity index (χ1) is 6.49. The second-order valence-electron chi connectivity index (χ2n) is 2.68. The van der Waals surface area contributed by atoms with Crippen LogP contribution in [-0.2, 0) is 0 Å². The maximum atomic E-state index is 10.8. The zero-order chi connectivity index (χ0) is 10.9. The van der Waals surface area contributed by atoms with Crippen molar-refractivity contribution in [2.24, 2.45) is 0 Å². The summed E-state index contributed by atoms with van der Waals surface area (Å²) >= 11 is 9.01. The van der Waals surface area contributed by atoms with Crippen LogP contribution < -0.4 is 4.74 Å². The first-order valence-electron chi connectivity index (χ1n) is 3.75. The summed E-state index contributed by atoms with van der Waals surface area (Å²) in [4.78, 5) is 10.8. The van der Waals surface area contributed by atoms with Crippen LogP contribution in [-0.4, -0.2) is 18.2 Å². The van der Waals surface area contributed by atoms with Gasteiger partial charge in [0.25, 0.3) is 0 Å². The molecule has 0 heterocycles. The fourth-order valence-electron chi connectivity index (χ4n) is 1.09. The van der Waals surface area contributed by atoms with Crippen molar-refractivity contribution < 1.29 is 14.6 Å². The molecule has 76 valence electrons. The highest BCUT2D eigenvalue weighted by Gasteiger charge is 2.17. The SMILES string of the molecule is COc1c(C)c(Cl)cc(C(=O)O)c1Br. The summed E-state index contributed by atoms with van der Waals surface area (Å²) in [6.07, 6.45) is 0. The molecule has 1 aromatic rings. The van der Waals surface area contributed by atoms with E-state index < -0.39 is 5.97 Å². The molecule has 0 saturated carbocycles. The third kappa shape index (κ3) is 1.86. The molecule has 1 aromatic carbocycles. The first-order valence-corrected chi connectivity index (χ1v) is 4.92. The molecule has 3 nitrogen and oxygen atoms in total. The molecule has 0 aliphatic rings. The van der Waals surface area contributed by atoms with Crippen LogP contribution in [0.1, 0.15) is 15.9 Å². The standard InChI is InChI=1S/C9H8BrClO3/c1-4-6(11)3-5(9(12)13)7(10)8(4)14-2/h3H,1-2H3,(H,12,13). The molecule has 0 spiro atoms. The van der Waals surface area contributed by atoms with Gasteiger partial charge in [-0.3, -0.25) is 0 Å². The lowest BCUT2D eigenvalue weighted by atomic mass is 10.1. The number of carboxylic acid groups (broad SMARTS) is 1. The number of methoxy groups -OCH3 is 1. The van der Waals surface area contributed by atoms with E-state index in [2.05, 4.69) is 15.9 Å². The lowest BCUT2D eigenvalue weighted by Crippen LogP contribution is -2.01. The number of benzene rings is 1. The number of aromatic carboxylic acids is 1. The summed E-state index contributed by atoms with van der Waals surface area (Å²) < 4.78 is 5.46. The van der Waals surface area contributed by atoms with Crippen LogP contribution in [0.4, 0.5) is 0 Å². The minimum atomic E-state index is -1.04. The van der Waals surface area contributed by atoms with Gasteiger partial charge in [0.05, 0.1) is 17.1 Å². The third-order valence-electron chi connectivity index (χ3n) is 1.84. The Labute approximate surface area is 94.8 Å². The Kier molecular flexibility index (Phi) is 3.39. The van der Waals surface area contributed by atoms with E-state index in [1.165, 1.54) is 13.2 Å². The van der Waals surface area contributed by atoms with Crippen LogP contribution in [0.5, 0.6) is 5.75 Å². The van der Waals surface area contributed by atoms with Gasteiger partial charge in [-0.1, -0.05) is 11.6 Å². The van der Waals surface area contributed by atoms with Crippen molar-refractivity contribution in [3.8, 4) is 5.75 Å². The zero-order valence-corrected chi connectivity index (χ0v) is 9.94. The normalized spacial score (nSPS) is 10.0. The number of rotatable bonds is 2. The Morgan fingerprint density at radius 2 is 2.21 bits per heavy atom. The first kappa shape index (κ1) is 11.3. The van der Waals surface area contributed by atoms with Gasteiger partial charge in [0.2, 0.25) is 0 Å². The summed E-state index contributed by atoms with van der Waals surface area (Å²) in [5.41, 5.74) is 0.809. The van der Waals surface area contributed by atoms with Crippen LogP contribution in [0.2, 0.25) is 5.02 Å². The summed E-state index contributed by atoms with van der Waals surface area (Å²) in [5, 5.41) is 9.23. The van der Waals surface area contributed by atoms with Gasteiger partial charge in [-0.05, 0) is 28.9 Å². The molecule has 1 N–H and O–H groups in total. The fourth-order valence-corrected chi connectivity index (χ4v) is 2.03. The van der Waals surface area contributed by atoms with E-state index >= 15 is 0 Å². The Morgan fingerprint density at radius 3 is 2.64 bits per heavy atom. The molecule has 0 unspecified atom stereocenters. The Balaban J connectivity index is 3.50. The molecule has 0 atom stereocenters. The second-order valence-corrected chi connectivity index (χ2v) is 3.88. The van der Waals surface area contributed by atoms with Crippen LogP contribution >= 0.6 is 27.5 Å². The summed E-state index contributed by atoms with van der Waals surface area (Å²) in [6.45, 7) is 1.76. The van der Waals surface area contributed by atoms with E-state index in [9.17, 15) is 4.79 Å². The Morgan fingerprint density at radius 1 is 1.64 bits per heavy atom. The number of carboxylic acids is 1. The van der Waals surface area contributed by atoms with Gasteiger partial charge in [-0.15, -0.1) is 0 Å². The number of carbonyl (C=O) groups is 1. The van der Waals surface area contributed by atoms with Crippen LogP contribution in [0.25, 0.3) is 0 Å². The maximum Gasteiger partial charge on any atom is 0.337 e. The minimum Gasteiger partial charge on any atom is -0.495 e. The minimum absolute atomic E-state index is 0.0949. The van der Waals surface area contributed by atoms with E-state index in [1.807, 2.05) is 0 Å². The lowest BCUT2D eigenvalue weighted by Gasteiger charge is -2.10. The molecular formula is C9H8BrClO3. The monoisotopic (exact) mass is 278 g/mol. The third-order valence-corrected chi connectivity index (χ3v) is 3.02. The molecule has 0 fully saturated rings. The molecule has 0 aliphatic heterocycles. The predicted molar refractivity (Wildman–Crippen MR) is 57.4 cm³/mol. The zero-order valence-electron chi connectivity index (χ0n) is 7.60. The molecule has 14 heavy (non-hydrogen) atoms. The van der Waals surface area contributed by atoms with Crippen LogP contribution in [0, 0.1) is 6.92 Å². The number of hydrogen-bond donors (Lipinski definition) is 1. The molecular weight excluding hydrogens is 271 g/mol. The Bertz CT molecular complexity index is 390. The molecule has 0 bridgehead atoms. The molecule has 0 amide bonds. The summed E-state index contributed by atoms with van der Waals surface area (Å²) in [7, 11) is 1.47. The van der Waals surface area contributed by atoms with Gasteiger partial charge in [0, 0.05) is 10.6 Å². The smallest absolute Gasteiger partial charge is 0.337 e. The van der Waals surface area contributed by atoms with E-state index in [4.69, 9.17) is 21.4 Å². The van der Waals surface area contributed by atoms with Gasteiger partial charge in [-0.2, -0.15) is 0 Å². The van der Waals surface area contributed by atoms with Crippen molar-refractivity contribution in [2.75, 3.05) is 7.11 Å². The molecule has 5 heteroatoms. The van der Waals surface area contributed by atoms with Crippen molar-refractivity contribution in [3.05, 3.63) is 26.7 Å². The average molecular weight is 280 g/mol. The lowest BCUT2D eigenvalue weighted by molar-refractivity contribution is 0.0695. The molecule has 0 aromatic heterocycles. The quantitative estimate of drug-likeness (QED) is 0.905. The summed E-state index contributed by atoms with van der Waals surface area (Å²) in [5.74, 6) is -0.591. The highest BCUT2D eigenvalue weighted by Crippen LogP contribution is 2.36. The highest BCUT2D eigenvalue weighted by molar-refractivity contribution is 9.10. The topological polar surface area (TPSA) is 46.5 Å². The number of hydrogen-bond acceptors (Lipinski definition) is 2. The fraction of sp³-hybridized carbons (Fsp3) is 0.222. The maximum absolute atomic E-state index is 10.8. The van der Waals surface area contributed by atoms with Gasteiger partial charge in [0.15, 0.2) is 0 Å². The van der Waals surface area contributed by atoms with Crippen LogP contribution in [0.15, 0.2) is 10.5 Å². The van der Waals surface area contributed by atoms with Crippen molar-refractivity contribution in [1.29, 1.82) is 0 Å². The number of halogens is 2. The highest BCUT2D eigenvalue weighted by atomic mass is 79.9. The molecule has 0 radical (unpaired) electrons. The van der Waals surface area contributed by atoms with Crippen LogP contribution in [0.3, 0.4) is 0 Å². The average Bonchev–Trinajstić information content (AvgIpc) is 2.12. The van der Waals surface area contributed by atoms with E-state index in [0.29, 0.717) is 20.8 Å². The van der Waals surface area contributed by atoms with Crippen molar-refractivity contribution >= 4 is 33.5 Å². The van der Waals surface area contributed by atoms with Gasteiger partial charge in [0.1, 0.15) is 5.75 Å². The number of ether oxygens (including phenoxy) is 1. The van der Waals surface area contributed by atoms with Gasteiger partial charge < -0.3 is 9.84 Å². The van der Waals surface area contributed by atoms with E-state index in [1.54, 1.807) is 6.92 Å². The van der Waals surface area contributed by atoms with Gasteiger partial charge in [-0.25, -0.2) is 4.79 Å². The van der Waals surface area contributed by atoms with E-state index in [-0.39, 0.29) is 5.56 Å². The van der Waals surface area contributed by atoms with Crippen molar-refractivity contribution in [2.45, 2.75) is 6.92 Å². The Hall–Kier alpha value is -0.740. The molecule has 1 rings (SSSR count).